The van der Waals surface area contributed by atoms with Gasteiger partial charge in [0.1, 0.15) is 6.29 Å². The van der Waals surface area contributed by atoms with Gasteiger partial charge < -0.3 is 4.79 Å². The van der Waals surface area contributed by atoms with Gasteiger partial charge >= 0.3 is 0 Å². The Kier molecular flexibility index (Phi) is 4.36. The van der Waals surface area contributed by atoms with Gasteiger partial charge in [-0.3, -0.25) is 0 Å². The molecular weight excluding hydrogens is 184 g/mol. The van der Waals surface area contributed by atoms with Crippen LogP contribution in [0.15, 0.2) is 0 Å². The minimum absolute atomic E-state index is 0.303. The first kappa shape index (κ1) is 12.7. The Morgan fingerprint density at radius 2 is 2.07 bits per heavy atom. The van der Waals surface area contributed by atoms with E-state index in [-0.39, 0.29) is 0 Å². The predicted molar refractivity (Wildman–Crippen MR) is 64.7 cm³/mol. The van der Waals surface area contributed by atoms with E-state index in [1.807, 2.05) is 0 Å². The maximum absolute atomic E-state index is 10.8. The molecule has 1 aliphatic rings. The van der Waals surface area contributed by atoms with Gasteiger partial charge in [0.05, 0.1) is 0 Å². The van der Waals surface area contributed by atoms with Crippen LogP contribution in [-0.4, -0.2) is 6.29 Å². The van der Waals surface area contributed by atoms with Crippen molar-refractivity contribution < 1.29 is 4.79 Å². The molecule has 0 bridgehead atoms. The summed E-state index contributed by atoms with van der Waals surface area (Å²) >= 11 is 0. The molecule has 1 aliphatic carbocycles. The molecule has 3 atom stereocenters. The van der Waals surface area contributed by atoms with E-state index >= 15 is 0 Å². The lowest BCUT2D eigenvalue weighted by molar-refractivity contribution is -0.111. The van der Waals surface area contributed by atoms with Gasteiger partial charge in [0.15, 0.2) is 0 Å². The molecule has 3 unspecified atom stereocenters. The first-order chi connectivity index (χ1) is 7.02. The van der Waals surface area contributed by atoms with Gasteiger partial charge in [-0.25, -0.2) is 0 Å². The van der Waals surface area contributed by atoms with Crippen LogP contribution in [0.5, 0.6) is 0 Å². The molecule has 1 heteroatoms. The molecule has 0 radical (unpaired) electrons. The lowest BCUT2D eigenvalue weighted by Crippen LogP contribution is -2.23. The van der Waals surface area contributed by atoms with Gasteiger partial charge in [0.2, 0.25) is 0 Å². The number of hydrogen-bond donors (Lipinski definition) is 0. The third-order valence-corrected chi connectivity index (χ3v) is 4.87. The summed E-state index contributed by atoms with van der Waals surface area (Å²) in [5.74, 6) is 1.98. The molecule has 1 nitrogen and oxygen atoms in total. The highest BCUT2D eigenvalue weighted by Crippen LogP contribution is 2.49. The van der Waals surface area contributed by atoms with Crippen molar-refractivity contribution in [2.45, 2.75) is 59.8 Å². The van der Waals surface area contributed by atoms with Crippen molar-refractivity contribution in [2.24, 2.45) is 23.2 Å². The Morgan fingerprint density at radius 3 is 2.47 bits per heavy atom. The summed E-state index contributed by atoms with van der Waals surface area (Å²) in [6, 6.07) is 0. The largest absolute Gasteiger partial charge is 0.303 e. The fourth-order valence-electron chi connectivity index (χ4n) is 2.90. The molecule has 0 N–H and O–H groups in total. The number of carbonyl (C=O) groups is 1. The lowest BCUT2D eigenvalue weighted by atomic mass is 9.74. The third-order valence-electron chi connectivity index (χ3n) is 4.87. The summed E-state index contributed by atoms with van der Waals surface area (Å²) in [5.41, 5.74) is 0.487. The van der Waals surface area contributed by atoms with Crippen LogP contribution in [0.2, 0.25) is 0 Å². The first-order valence-electron chi connectivity index (χ1n) is 6.47. The van der Waals surface area contributed by atoms with Crippen molar-refractivity contribution in [1.29, 1.82) is 0 Å². The molecule has 15 heavy (non-hydrogen) atoms. The number of hydrogen-bond acceptors (Lipinski definition) is 1. The van der Waals surface area contributed by atoms with Gasteiger partial charge in [0.25, 0.3) is 0 Å². The highest BCUT2D eigenvalue weighted by Gasteiger charge is 2.39. The van der Waals surface area contributed by atoms with E-state index < -0.39 is 0 Å². The second-order valence-corrected chi connectivity index (χ2v) is 5.88. The smallest absolute Gasteiger partial charge is 0.123 e. The first-order valence-corrected chi connectivity index (χ1v) is 6.47. The Bertz CT molecular complexity index is 207. The minimum atomic E-state index is 0.303. The maximum atomic E-state index is 10.8. The molecule has 0 amide bonds. The lowest BCUT2D eigenvalue weighted by Gasteiger charge is -2.31. The zero-order valence-corrected chi connectivity index (χ0v) is 10.8. The monoisotopic (exact) mass is 210 g/mol. The Hall–Kier alpha value is -0.330. The third kappa shape index (κ3) is 2.83. The Labute approximate surface area is 94.6 Å². The van der Waals surface area contributed by atoms with Crippen molar-refractivity contribution >= 4 is 6.29 Å². The maximum Gasteiger partial charge on any atom is 0.123 e. The van der Waals surface area contributed by atoms with Crippen LogP contribution in [0.4, 0.5) is 0 Å². The molecule has 1 rings (SSSR count). The Morgan fingerprint density at radius 1 is 1.40 bits per heavy atom. The van der Waals surface area contributed by atoms with Gasteiger partial charge in [-0.05, 0) is 49.4 Å². The van der Waals surface area contributed by atoms with E-state index in [0.29, 0.717) is 11.3 Å². The van der Waals surface area contributed by atoms with Gasteiger partial charge in [-0.1, -0.05) is 27.7 Å². The normalized spacial score (nSPS) is 31.5. The molecule has 0 spiro atoms. The molecular formula is C14H26O. The summed E-state index contributed by atoms with van der Waals surface area (Å²) in [6.07, 6.45) is 7.23. The Balaban J connectivity index is 2.42. The van der Waals surface area contributed by atoms with Gasteiger partial charge in [0, 0.05) is 5.92 Å². The van der Waals surface area contributed by atoms with Crippen LogP contribution in [0.3, 0.4) is 0 Å². The van der Waals surface area contributed by atoms with E-state index in [4.69, 9.17) is 0 Å². The average Bonchev–Trinajstić information content (AvgIpc) is 2.45. The molecule has 0 aliphatic heterocycles. The summed E-state index contributed by atoms with van der Waals surface area (Å²) in [6.45, 7) is 9.28. The highest BCUT2D eigenvalue weighted by atomic mass is 16.1. The molecule has 1 fully saturated rings. The van der Waals surface area contributed by atoms with Crippen molar-refractivity contribution in [3.05, 3.63) is 0 Å². The van der Waals surface area contributed by atoms with Crippen LogP contribution < -0.4 is 0 Å². The van der Waals surface area contributed by atoms with E-state index in [2.05, 4.69) is 27.7 Å². The van der Waals surface area contributed by atoms with Crippen LogP contribution in [0.25, 0.3) is 0 Å². The number of rotatable bonds is 5. The SMILES string of the molecule is CCC(C=O)CCC1CCC(C)C1(C)C. The second-order valence-electron chi connectivity index (χ2n) is 5.88. The van der Waals surface area contributed by atoms with E-state index in [1.165, 1.54) is 19.3 Å². The fourth-order valence-corrected chi connectivity index (χ4v) is 2.90. The topological polar surface area (TPSA) is 17.1 Å². The molecule has 88 valence electrons. The summed E-state index contributed by atoms with van der Waals surface area (Å²) in [4.78, 5) is 10.8. The van der Waals surface area contributed by atoms with E-state index in [0.717, 1.165) is 31.0 Å². The second kappa shape index (κ2) is 5.14. The van der Waals surface area contributed by atoms with Gasteiger partial charge in [-0.2, -0.15) is 0 Å². The molecule has 0 saturated heterocycles. The zero-order valence-electron chi connectivity index (χ0n) is 10.8. The number of aldehydes is 1. The molecule has 1 saturated carbocycles. The average molecular weight is 210 g/mol. The standard InChI is InChI=1S/C14H26O/c1-5-12(10-15)7-9-13-8-6-11(2)14(13,3)4/h10-13H,5-9H2,1-4H3. The van der Waals surface area contributed by atoms with E-state index in [9.17, 15) is 4.79 Å². The summed E-state index contributed by atoms with van der Waals surface area (Å²) < 4.78 is 0. The fraction of sp³-hybridized carbons (Fsp3) is 0.929. The minimum Gasteiger partial charge on any atom is -0.303 e. The van der Waals surface area contributed by atoms with Crippen molar-refractivity contribution in [2.75, 3.05) is 0 Å². The quantitative estimate of drug-likeness (QED) is 0.625. The van der Waals surface area contributed by atoms with Crippen molar-refractivity contribution in [3.8, 4) is 0 Å². The summed E-state index contributed by atoms with van der Waals surface area (Å²) in [7, 11) is 0. The summed E-state index contributed by atoms with van der Waals surface area (Å²) in [5, 5.41) is 0. The molecule has 0 heterocycles. The van der Waals surface area contributed by atoms with Crippen LogP contribution in [0.1, 0.15) is 59.8 Å². The molecule has 0 aromatic rings. The molecule has 0 aromatic carbocycles. The zero-order chi connectivity index (χ0) is 11.5. The predicted octanol–water partition coefficient (Wildman–Crippen LogP) is 4.06. The van der Waals surface area contributed by atoms with E-state index in [1.54, 1.807) is 0 Å². The van der Waals surface area contributed by atoms with Gasteiger partial charge in [-0.15, -0.1) is 0 Å². The van der Waals surface area contributed by atoms with Crippen LogP contribution in [0, 0.1) is 23.2 Å². The molecule has 0 aromatic heterocycles. The van der Waals surface area contributed by atoms with Crippen LogP contribution in [-0.2, 0) is 4.79 Å². The van der Waals surface area contributed by atoms with Crippen molar-refractivity contribution in [1.82, 2.24) is 0 Å². The highest BCUT2D eigenvalue weighted by molar-refractivity contribution is 5.53. The number of carbonyl (C=O) groups excluding carboxylic acids is 1. The van der Waals surface area contributed by atoms with Crippen molar-refractivity contribution in [3.63, 3.8) is 0 Å². The van der Waals surface area contributed by atoms with Crippen LogP contribution >= 0.6 is 0 Å².